The van der Waals surface area contributed by atoms with E-state index in [0.29, 0.717) is 5.92 Å². The van der Waals surface area contributed by atoms with Crippen molar-refractivity contribution in [2.45, 2.75) is 26.3 Å². The van der Waals surface area contributed by atoms with Gasteiger partial charge in [0.2, 0.25) is 0 Å². The molecule has 3 rings (SSSR count). The fourth-order valence-electron chi connectivity index (χ4n) is 3.56. The summed E-state index contributed by atoms with van der Waals surface area (Å²) < 4.78 is 0. The van der Waals surface area contributed by atoms with Crippen LogP contribution in [0.15, 0.2) is 54.6 Å². The lowest BCUT2D eigenvalue weighted by molar-refractivity contribution is 0.0693. The summed E-state index contributed by atoms with van der Waals surface area (Å²) in [6, 6.07) is 18.5. The number of halogens is 1. The average Bonchev–Trinajstić information content (AvgIpc) is 2.72. The zero-order chi connectivity index (χ0) is 18.4. The Morgan fingerprint density at radius 1 is 1.07 bits per heavy atom. The number of amides is 1. The van der Waals surface area contributed by atoms with Crippen molar-refractivity contribution in [2.24, 2.45) is 11.7 Å². The molecule has 1 amide bonds. The molecule has 0 radical (unpaired) electrons. The van der Waals surface area contributed by atoms with Crippen LogP contribution in [-0.4, -0.2) is 37.0 Å². The van der Waals surface area contributed by atoms with Gasteiger partial charge in [0.25, 0.3) is 5.91 Å². The largest absolute Gasteiger partial charge is 0.367 e. The number of hydrogen-bond donors (Lipinski definition) is 1. The molecule has 1 heterocycles. The Labute approximate surface area is 168 Å². The second kappa shape index (κ2) is 10.3. The number of carbonyl (C=O) groups excluding carboxylic acids is 1. The van der Waals surface area contributed by atoms with Gasteiger partial charge < -0.3 is 15.5 Å². The second-order valence-electron chi connectivity index (χ2n) is 7.02. The molecule has 0 spiro atoms. The van der Waals surface area contributed by atoms with Gasteiger partial charge in [-0.05, 0) is 62.1 Å². The summed E-state index contributed by atoms with van der Waals surface area (Å²) in [4.78, 5) is 17.0. The highest BCUT2D eigenvalue weighted by atomic mass is 35.5. The zero-order valence-electron chi connectivity index (χ0n) is 16.0. The van der Waals surface area contributed by atoms with E-state index >= 15 is 0 Å². The van der Waals surface area contributed by atoms with Gasteiger partial charge in [-0.25, -0.2) is 0 Å². The Morgan fingerprint density at radius 2 is 1.70 bits per heavy atom. The Morgan fingerprint density at radius 3 is 2.26 bits per heavy atom. The summed E-state index contributed by atoms with van der Waals surface area (Å²) in [6.07, 6.45) is 2.03. The van der Waals surface area contributed by atoms with Crippen molar-refractivity contribution >= 4 is 24.0 Å². The molecule has 1 aliphatic rings. The van der Waals surface area contributed by atoms with Crippen LogP contribution in [0, 0.1) is 5.92 Å². The Balaban J connectivity index is 0.00000261. The maximum atomic E-state index is 12.7. The summed E-state index contributed by atoms with van der Waals surface area (Å²) in [5.41, 5.74) is 8.95. The lowest BCUT2D eigenvalue weighted by Gasteiger charge is -2.31. The van der Waals surface area contributed by atoms with Gasteiger partial charge in [0.1, 0.15) is 0 Å². The standard InChI is InChI=1S/C22H29N3O.ClH/c1-2-24(17-19-6-4-3-5-7-19)21-10-8-20(9-11-21)22(26)25-14-12-18(16-23)13-15-25;/h3-11,18H,2,12-17,23H2,1H3;1H. The zero-order valence-corrected chi connectivity index (χ0v) is 16.8. The third-order valence-electron chi connectivity index (χ3n) is 5.31. The van der Waals surface area contributed by atoms with Crippen LogP contribution in [0.5, 0.6) is 0 Å². The summed E-state index contributed by atoms with van der Waals surface area (Å²) in [6.45, 7) is 6.32. The van der Waals surface area contributed by atoms with Gasteiger partial charge in [-0.1, -0.05) is 30.3 Å². The SMILES string of the molecule is CCN(Cc1ccccc1)c1ccc(C(=O)N2CCC(CN)CC2)cc1.Cl. The predicted molar refractivity (Wildman–Crippen MR) is 115 cm³/mol. The molecule has 27 heavy (non-hydrogen) atoms. The highest BCUT2D eigenvalue weighted by Gasteiger charge is 2.22. The maximum absolute atomic E-state index is 12.7. The minimum atomic E-state index is 0. The molecule has 5 heteroatoms. The van der Waals surface area contributed by atoms with Crippen LogP contribution in [0.3, 0.4) is 0 Å². The number of carbonyl (C=O) groups is 1. The monoisotopic (exact) mass is 387 g/mol. The molecule has 2 N–H and O–H groups in total. The molecule has 0 aliphatic carbocycles. The Kier molecular flexibility index (Phi) is 8.14. The van der Waals surface area contributed by atoms with Gasteiger partial charge in [0.05, 0.1) is 0 Å². The molecule has 0 atom stereocenters. The van der Waals surface area contributed by atoms with Crippen molar-refractivity contribution in [1.82, 2.24) is 4.90 Å². The van der Waals surface area contributed by atoms with Crippen LogP contribution < -0.4 is 10.6 Å². The number of nitrogens with two attached hydrogens (primary N) is 1. The smallest absolute Gasteiger partial charge is 0.253 e. The lowest BCUT2D eigenvalue weighted by atomic mass is 9.96. The highest BCUT2D eigenvalue weighted by molar-refractivity contribution is 5.94. The quantitative estimate of drug-likeness (QED) is 0.816. The maximum Gasteiger partial charge on any atom is 0.253 e. The number of anilines is 1. The number of hydrogen-bond acceptors (Lipinski definition) is 3. The number of benzene rings is 2. The van der Waals surface area contributed by atoms with Crippen LogP contribution >= 0.6 is 12.4 Å². The number of likely N-dealkylation sites (tertiary alicyclic amines) is 1. The molecule has 4 nitrogen and oxygen atoms in total. The molecular weight excluding hydrogens is 358 g/mol. The number of rotatable bonds is 6. The topological polar surface area (TPSA) is 49.6 Å². The Bertz CT molecular complexity index is 697. The molecule has 0 saturated carbocycles. The van der Waals surface area contributed by atoms with Crippen molar-refractivity contribution in [1.29, 1.82) is 0 Å². The van der Waals surface area contributed by atoms with Crippen molar-refractivity contribution in [3.05, 3.63) is 65.7 Å². The van der Waals surface area contributed by atoms with E-state index in [9.17, 15) is 4.79 Å². The highest BCUT2D eigenvalue weighted by Crippen LogP contribution is 2.21. The van der Waals surface area contributed by atoms with E-state index in [2.05, 4.69) is 48.2 Å². The van der Waals surface area contributed by atoms with E-state index in [1.165, 1.54) is 5.56 Å². The molecule has 0 bridgehead atoms. The van der Waals surface area contributed by atoms with Crippen molar-refractivity contribution in [2.75, 3.05) is 31.1 Å². The minimum Gasteiger partial charge on any atom is -0.367 e. The number of piperidine rings is 1. The summed E-state index contributed by atoms with van der Waals surface area (Å²) in [7, 11) is 0. The van der Waals surface area contributed by atoms with Crippen LogP contribution in [0.1, 0.15) is 35.7 Å². The van der Waals surface area contributed by atoms with E-state index in [4.69, 9.17) is 5.73 Å². The lowest BCUT2D eigenvalue weighted by Crippen LogP contribution is -2.40. The van der Waals surface area contributed by atoms with Gasteiger partial charge in [0, 0.05) is 37.4 Å². The van der Waals surface area contributed by atoms with E-state index in [0.717, 1.165) is 56.8 Å². The first kappa shape index (κ1) is 21.3. The molecule has 0 unspecified atom stereocenters. The minimum absolute atomic E-state index is 0. The molecule has 1 aliphatic heterocycles. The second-order valence-corrected chi connectivity index (χ2v) is 7.02. The first-order valence-corrected chi connectivity index (χ1v) is 9.59. The molecular formula is C22H30ClN3O. The molecule has 1 fully saturated rings. The van der Waals surface area contributed by atoms with Gasteiger partial charge >= 0.3 is 0 Å². The summed E-state index contributed by atoms with van der Waals surface area (Å²) in [5.74, 6) is 0.704. The molecule has 2 aromatic rings. The van der Waals surface area contributed by atoms with Crippen molar-refractivity contribution < 1.29 is 4.79 Å². The normalized spacial score (nSPS) is 14.5. The first-order chi connectivity index (χ1) is 12.7. The summed E-state index contributed by atoms with van der Waals surface area (Å²) in [5, 5.41) is 0. The fraction of sp³-hybridized carbons (Fsp3) is 0.409. The third kappa shape index (κ3) is 5.47. The molecule has 0 aromatic heterocycles. The van der Waals surface area contributed by atoms with E-state index < -0.39 is 0 Å². The van der Waals surface area contributed by atoms with Gasteiger partial charge in [-0.2, -0.15) is 0 Å². The van der Waals surface area contributed by atoms with E-state index in [1.54, 1.807) is 0 Å². The summed E-state index contributed by atoms with van der Waals surface area (Å²) >= 11 is 0. The molecule has 146 valence electrons. The molecule has 2 aromatic carbocycles. The Hall–Kier alpha value is -2.04. The van der Waals surface area contributed by atoms with E-state index in [-0.39, 0.29) is 18.3 Å². The third-order valence-corrected chi connectivity index (χ3v) is 5.31. The van der Waals surface area contributed by atoms with Crippen molar-refractivity contribution in [3.63, 3.8) is 0 Å². The van der Waals surface area contributed by atoms with Crippen LogP contribution in [0.4, 0.5) is 5.69 Å². The van der Waals surface area contributed by atoms with Gasteiger partial charge in [-0.15, -0.1) is 12.4 Å². The van der Waals surface area contributed by atoms with Crippen LogP contribution in [0.2, 0.25) is 0 Å². The fourth-order valence-corrected chi connectivity index (χ4v) is 3.56. The van der Waals surface area contributed by atoms with Crippen LogP contribution in [-0.2, 0) is 6.54 Å². The van der Waals surface area contributed by atoms with E-state index in [1.807, 2.05) is 23.1 Å². The van der Waals surface area contributed by atoms with Gasteiger partial charge in [-0.3, -0.25) is 4.79 Å². The van der Waals surface area contributed by atoms with Crippen molar-refractivity contribution in [3.8, 4) is 0 Å². The van der Waals surface area contributed by atoms with Gasteiger partial charge in [0.15, 0.2) is 0 Å². The average molecular weight is 388 g/mol. The predicted octanol–water partition coefficient (Wildman–Crippen LogP) is 3.95. The molecule has 1 saturated heterocycles. The van der Waals surface area contributed by atoms with Crippen LogP contribution in [0.25, 0.3) is 0 Å². The first-order valence-electron chi connectivity index (χ1n) is 9.59. The number of nitrogens with zero attached hydrogens (tertiary/aromatic N) is 2.